The molecule has 0 unspecified atom stereocenters. The van der Waals surface area contributed by atoms with Crippen LogP contribution in [0.25, 0.3) is 10.9 Å². The van der Waals surface area contributed by atoms with Crippen molar-refractivity contribution in [2.24, 2.45) is 0 Å². The number of pyridine rings is 1. The van der Waals surface area contributed by atoms with Gasteiger partial charge in [0.15, 0.2) is 6.61 Å². The van der Waals surface area contributed by atoms with Gasteiger partial charge in [-0.25, -0.2) is 9.78 Å². The van der Waals surface area contributed by atoms with Crippen LogP contribution in [0.3, 0.4) is 0 Å². The highest BCUT2D eigenvalue weighted by atomic mass is 16.5. The fraction of sp³-hybridized carbons (Fsp3) is 0.100. The van der Waals surface area contributed by atoms with Gasteiger partial charge in [-0.2, -0.15) is 0 Å². The molecule has 0 aliphatic heterocycles. The second-order valence-corrected chi connectivity index (χ2v) is 5.77. The number of aromatic nitrogens is 1. The van der Waals surface area contributed by atoms with Gasteiger partial charge < -0.3 is 15.4 Å². The van der Waals surface area contributed by atoms with Crippen molar-refractivity contribution in [2.45, 2.75) is 6.92 Å². The highest BCUT2D eigenvalue weighted by Gasteiger charge is 2.12. The quantitative estimate of drug-likeness (QED) is 0.679. The zero-order valence-electron chi connectivity index (χ0n) is 14.6. The van der Waals surface area contributed by atoms with E-state index < -0.39 is 18.5 Å². The molecule has 0 radical (unpaired) electrons. The number of esters is 1. The number of amides is 2. The molecule has 7 nitrogen and oxygen atoms in total. The highest BCUT2D eigenvalue weighted by Crippen LogP contribution is 2.14. The first-order valence-electron chi connectivity index (χ1n) is 8.22. The van der Waals surface area contributed by atoms with Crippen LogP contribution < -0.4 is 10.6 Å². The summed E-state index contributed by atoms with van der Waals surface area (Å²) in [5.74, 6) is -1.32. The lowest BCUT2D eigenvalue weighted by molar-refractivity contribution is -0.119. The maximum absolute atomic E-state index is 12.1. The number of nitrogens with one attached hydrogen (secondary N) is 2. The van der Waals surface area contributed by atoms with Crippen molar-refractivity contribution >= 4 is 40.1 Å². The molecule has 136 valence electrons. The van der Waals surface area contributed by atoms with E-state index in [2.05, 4.69) is 15.6 Å². The zero-order chi connectivity index (χ0) is 19.2. The Bertz CT molecular complexity index is 1000. The SMILES string of the molecule is CC(=O)Nc1ccc(NC(=O)COC(=O)c2ccc3ccccc3n2)cc1. The molecule has 7 heteroatoms. The predicted octanol–water partition coefficient (Wildman–Crippen LogP) is 2.99. The number of para-hydroxylation sites is 1. The van der Waals surface area contributed by atoms with E-state index in [4.69, 9.17) is 4.74 Å². The van der Waals surface area contributed by atoms with E-state index in [0.29, 0.717) is 16.9 Å². The summed E-state index contributed by atoms with van der Waals surface area (Å²) in [6.07, 6.45) is 0. The highest BCUT2D eigenvalue weighted by molar-refractivity contribution is 5.96. The third-order valence-electron chi connectivity index (χ3n) is 3.63. The molecule has 0 bridgehead atoms. The van der Waals surface area contributed by atoms with E-state index in [-0.39, 0.29) is 11.6 Å². The van der Waals surface area contributed by atoms with Gasteiger partial charge in [0.2, 0.25) is 5.91 Å². The number of fused-ring (bicyclic) bond motifs is 1. The standard InChI is InChI=1S/C20H17N3O4/c1-13(24)21-15-7-9-16(10-8-15)22-19(25)12-27-20(26)18-11-6-14-4-2-3-5-17(14)23-18/h2-11H,12H2,1H3,(H,21,24)(H,22,25). The minimum atomic E-state index is -0.670. The molecule has 0 aliphatic carbocycles. The molecule has 0 spiro atoms. The summed E-state index contributed by atoms with van der Waals surface area (Å²) in [6, 6.07) is 17.3. The number of hydrogen-bond acceptors (Lipinski definition) is 5. The second-order valence-electron chi connectivity index (χ2n) is 5.77. The van der Waals surface area contributed by atoms with E-state index in [1.54, 1.807) is 42.5 Å². The minimum Gasteiger partial charge on any atom is -0.451 e. The van der Waals surface area contributed by atoms with Crippen LogP contribution in [-0.2, 0) is 14.3 Å². The van der Waals surface area contributed by atoms with Crippen LogP contribution in [0.4, 0.5) is 11.4 Å². The Morgan fingerprint density at radius 2 is 1.56 bits per heavy atom. The lowest BCUT2D eigenvalue weighted by Crippen LogP contribution is -2.21. The maximum atomic E-state index is 12.1. The molecule has 3 rings (SSSR count). The first kappa shape index (κ1) is 18.1. The Labute approximate surface area is 155 Å². The van der Waals surface area contributed by atoms with Crippen LogP contribution >= 0.6 is 0 Å². The van der Waals surface area contributed by atoms with Crippen LogP contribution in [0.15, 0.2) is 60.7 Å². The van der Waals surface area contributed by atoms with Crippen molar-refractivity contribution in [3.8, 4) is 0 Å². The summed E-state index contributed by atoms with van der Waals surface area (Å²) >= 11 is 0. The fourth-order valence-corrected chi connectivity index (χ4v) is 2.42. The number of anilines is 2. The summed E-state index contributed by atoms with van der Waals surface area (Å²) in [5, 5.41) is 6.15. The molecule has 2 N–H and O–H groups in total. The molecule has 0 fully saturated rings. The van der Waals surface area contributed by atoms with Gasteiger partial charge in [-0.15, -0.1) is 0 Å². The Morgan fingerprint density at radius 1 is 0.889 bits per heavy atom. The molecule has 1 aromatic heterocycles. The Hall–Kier alpha value is -3.74. The van der Waals surface area contributed by atoms with Crippen LogP contribution in [0.2, 0.25) is 0 Å². The molecule has 0 atom stereocenters. The van der Waals surface area contributed by atoms with Crippen molar-refractivity contribution in [3.63, 3.8) is 0 Å². The van der Waals surface area contributed by atoms with Crippen molar-refractivity contribution in [1.29, 1.82) is 0 Å². The molecule has 0 saturated heterocycles. The van der Waals surface area contributed by atoms with Crippen molar-refractivity contribution in [3.05, 3.63) is 66.4 Å². The van der Waals surface area contributed by atoms with Crippen molar-refractivity contribution < 1.29 is 19.1 Å². The molecule has 2 amide bonds. The van der Waals surface area contributed by atoms with E-state index in [9.17, 15) is 14.4 Å². The van der Waals surface area contributed by atoms with Crippen molar-refractivity contribution in [1.82, 2.24) is 4.98 Å². The second kappa shape index (κ2) is 8.09. The lowest BCUT2D eigenvalue weighted by atomic mass is 10.2. The normalized spacial score (nSPS) is 10.3. The van der Waals surface area contributed by atoms with Gasteiger partial charge in [-0.1, -0.05) is 24.3 Å². The number of carbonyl (C=O) groups excluding carboxylic acids is 3. The molecular formula is C20H17N3O4. The van der Waals surface area contributed by atoms with Gasteiger partial charge in [0.05, 0.1) is 5.52 Å². The Kier molecular flexibility index (Phi) is 5.41. The van der Waals surface area contributed by atoms with E-state index >= 15 is 0 Å². The van der Waals surface area contributed by atoms with Crippen LogP contribution in [0.1, 0.15) is 17.4 Å². The number of rotatable bonds is 5. The Balaban J connectivity index is 1.54. The van der Waals surface area contributed by atoms with Gasteiger partial charge in [-0.3, -0.25) is 9.59 Å². The van der Waals surface area contributed by atoms with Crippen LogP contribution in [0, 0.1) is 0 Å². The van der Waals surface area contributed by atoms with Crippen molar-refractivity contribution in [2.75, 3.05) is 17.2 Å². The Morgan fingerprint density at radius 3 is 2.26 bits per heavy atom. The van der Waals surface area contributed by atoms with Crippen LogP contribution in [0.5, 0.6) is 0 Å². The van der Waals surface area contributed by atoms with Gasteiger partial charge in [0.1, 0.15) is 5.69 Å². The van der Waals surface area contributed by atoms with E-state index in [1.165, 1.54) is 6.92 Å². The van der Waals surface area contributed by atoms with Gasteiger partial charge >= 0.3 is 5.97 Å². The zero-order valence-corrected chi connectivity index (χ0v) is 14.6. The average molecular weight is 363 g/mol. The number of benzene rings is 2. The third kappa shape index (κ3) is 4.88. The smallest absolute Gasteiger partial charge is 0.357 e. The molecule has 3 aromatic rings. The number of ether oxygens (including phenoxy) is 1. The number of nitrogens with zero attached hydrogens (tertiary/aromatic N) is 1. The fourth-order valence-electron chi connectivity index (χ4n) is 2.42. The topological polar surface area (TPSA) is 97.4 Å². The summed E-state index contributed by atoms with van der Waals surface area (Å²) in [5.41, 5.74) is 1.96. The van der Waals surface area contributed by atoms with E-state index in [0.717, 1.165) is 5.39 Å². The van der Waals surface area contributed by atoms with Gasteiger partial charge in [0.25, 0.3) is 5.91 Å². The molecule has 0 saturated carbocycles. The monoisotopic (exact) mass is 363 g/mol. The van der Waals surface area contributed by atoms with Gasteiger partial charge in [-0.05, 0) is 36.4 Å². The predicted molar refractivity (Wildman–Crippen MR) is 101 cm³/mol. The summed E-state index contributed by atoms with van der Waals surface area (Å²) in [7, 11) is 0. The first-order valence-corrected chi connectivity index (χ1v) is 8.22. The largest absolute Gasteiger partial charge is 0.451 e. The lowest BCUT2D eigenvalue weighted by Gasteiger charge is -2.08. The molecular weight excluding hydrogens is 346 g/mol. The molecule has 0 aliphatic rings. The average Bonchev–Trinajstić information content (AvgIpc) is 2.67. The number of carbonyl (C=O) groups is 3. The number of hydrogen-bond donors (Lipinski definition) is 2. The van der Waals surface area contributed by atoms with E-state index in [1.807, 2.05) is 18.2 Å². The first-order chi connectivity index (χ1) is 13.0. The summed E-state index contributed by atoms with van der Waals surface area (Å²) < 4.78 is 5.02. The maximum Gasteiger partial charge on any atom is 0.357 e. The third-order valence-corrected chi connectivity index (χ3v) is 3.63. The summed E-state index contributed by atoms with van der Waals surface area (Å²) in [4.78, 5) is 39.2. The molecule has 1 heterocycles. The summed E-state index contributed by atoms with van der Waals surface area (Å²) in [6.45, 7) is 0.981. The minimum absolute atomic E-state index is 0.140. The molecule has 2 aromatic carbocycles. The molecule has 27 heavy (non-hydrogen) atoms. The van der Waals surface area contributed by atoms with Crippen LogP contribution in [-0.4, -0.2) is 29.4 Å². The van der Waals surface area contributed by atoms with Gasteiger partial charge in [0, 0.05) is 23.7 Å².